The summed E-state index contributed by atoms with van der Waals surface area (Å²) >= 11 is 4.42. The standard InChI is InChI=1S/C9H13F2NO2S/c1-8(2,3)14-6(13)5-4-9(10,11)7(15)12-5/h5H,4H2,1-3H3,(H,12,15)/t5-/m0/s1. The van der Waals surface area contributed by atoms with Crippen molar-refractivity contribution in [1.29, 1.82) is 0 Å². The van der Waals surface area contributed by atoms with E-state index < -0.39 is 34.9 Å². The molecule has 0 aromatic rings. The van der Waals surface area contributed by atoms with Crippen LogP contribution in [-0.4, -0.2) is 28.5 Å². The molecule has 3 nitrogen and oxygen atoms in total. The SMILES string of the molecule is CC(C)(C)OC(=O)[C@@H]1CC(F)(F)C(=S)N1. The van der Waals surface area contributed by atoms with Crippen molar-refractivity contribution in [2.75, 3.05) is 0 Å². The Bertz CT molecular complexity index is 299. The Balaban J connectivity index is 2.62. The highest BCUT2D eigenvalue weighted by atomic mass is 32.1. The van der Waals surface area contributed by atoms with Gasteiger partial charge in [-0.25, -0.2) is 4.79 Å². The van der Waals surface area contributed by atoms with E-state index in [1.807, 2.05) is 0 Å². The number of nitrogens with one attached hydrogen (secondary N) is 1. The summed E-state index contributed by atoms with van der Waals surface area (Å²) in [6, 6.07) is -1.04. The Morgan fingerprint density at radius 3 is 2.47 bits per heavy atom. The molecule has 0 radical (unpaired) electrons. The number of alkyl halides is 2. The number of halogens is 2. The highest BCUT2D eigenvalue weighted by molar-refractivity contribution is 7.80. The first-order valence-corrected chi connectivity index (χ1v) is 4.94. The minimum Gasteiger partial charge on any atom is -0.458 e. The van der Waals surface area contributed by atoms with Gasteiger partial charge in [0.1, 0.15) is 16.6 Å². The van der Waals surface area contributed by atoms with Crippen LogP contribution >= 0.6 is 12.2 Å². The van der Waals surface area contributed by atoms with Crippen molar-refractivity contribution in [2.45, 2.75) is 44.8 Å². The zero-order chi connectivity index (χ0) is 11.9. The maximum absolute atomic E-state index is 13.0. The lowest BCUT2D eigenvalue weighted by Gasteiger charge is -2.21. The van der Waals surface area contributed by atoms with Crippen molar-refractivity contribution < 1.29 is 18.3 Å². The summed E-state index contributed by atoms with van der Waals surface area (Å²) in [6.07, 6.45) is -0.624. The molecule has 1 heterocycles. The first-order valence-electron chi connectivity index (χ1n) is 4.53. The predicted octanol–water partition coefficient (Wildman–Crippen LogP) is 1.65. The quantitative estimate of drug-likeness (QED) is 0.556. The molecule has 1 saturated heterocycles. The van der Waals surface area contributed by atoms with Gasteiger partial charge in [-0.1, -0.05) is 12.2 Å². The van der Waals surface area contributed by atoms with E-state index in [-0.39, 0.29) is 0 Å². The molecule has 15 heavy (non-hydrogen) atoms. The summed E-state index contributed by atoms with van der Waals surface area (Å²) in [5, 5.41) is 2.27. The maximum Gasteiger partial charge on any atom is 0.329 e. The van der Waals surface area contributed by atoms with Crippen molar-refractivity contribution in [3.05, 3.63) is 0 Å². The molecule has 0 aromatic carbocycles. The van der Waals surface area contributed by atoms with E-state index in [0.29, 0.717) is 0 Å². The molecule has 1 aliphatic rings. The van der Waals surface area contributed by atoms with Crippen molar-refractivity contribution >= 4 is 23.2 Å². The van der Waals surface area contributed by atoms with Crippen LogP contribution in [0.2, 0.25) is 0 Å². The summed E-state index contributed by atoms with van der Waals surface area (Å²) < 4.78 is 30.9. The molecule has 0 spiro atoms. The Kier molecular flexibility index (Phi) is 3.00. The zero-order valence-electron chi connectivity index (χ0n) is 8.77. The molecule has 1 N–H and O–H groups in total. The number of carbonyl (C=O) groups excluding carboxylic acids is 1. The number of carbonyl (C=O) groups is 1. The molecule has 0 unspecified atom stereocenters. The molecular weight excluding hydrogens is 224 g/mol. The molecule has 1 fully saturated rings. The van der Waals surface area contributed by atoms with E-state index in [4.69, 9.17) is 4.74 Å². The Hall–Kier alpha value is -0.780. The fraction of sp³-hybridized carbons (Fsp3) is 0.778. The molecule has 6 heteroatoms. The Morgan fingerprint density at radius 1 is 1.60 bits per heavy atom. The number of thiocarbonyl (C=S) groups is 1. The second-order valence-corrected chi connectivity index (χ2v) is 4.88. The van der Waals surface area contributed by atoms with Gasteiger partial charge in [0.25, 0.3) is 5.92 Å². The van der Waals surface area contributed by atoms with E-state index in [9.17, 15) is 13.6 Å². The highest BCUT2D eigenvalue weighted by Gasteiger charge is 2.48. The van der Waals surface area contributed by atoms with Crippen molar-refractivity contribution in [3.8, 4) is 0 Å². The van der Waals surface area contributed by atoms with Crippen LogP contribution in [0.15, 0.2) is 0 Å². The van der Waals surface area contributed by atoms with Gasteiger partial charge in [0.15, 0.2) is 0 Å². The lowest BCUT2D eigenvalue weighted by Crippen LogP contribution is -2.38. The molecule has 0 aliphatic carbocycles. The molecule has 0 aromatic heterocycles. The van der Waals surface area contributed by atoms with Crippen LogP contribution in [-0.2, 0) is 9.53 Å². The molecule has 86 valence electrons. The summed E-state index contributed by atoms with van der Waals surface area (Å²) in [4.78, 5) is 10.8. The lowest BCUT2D eigenvalue weighted by molar-refractivity contribution is -0.157. The van der Waals surface area contributed by atoms with Gasteiger partial charge in [0.2, 0.25) is 0 Å². The topological polar surface area (TPSA) is 38.3 Å². The van der Waals surface area contributed by atoms with Crippen LogP contribution in [0.5, 0.6) is 0 Å². The fourth-order valence-electron chi connectivity index (χ4n) is 1.18. The molecule has 1 aliphatic heterocycles. The molecule has 1 rings (SSSR count). The zero-order valence-corrected chi connectivity index (χ0v) is 9.58. The largest absolute Gasteiger partial charge is 0.458 e. The third-order valence-electron chi connectivity index (χ3n) is 1.79. The fourth-order valence-corrected chi connectivity index (χ4v) is 1.40. The first-order chi connectivity index (χ1) is 6.62. The third kappa shape index (κ3) is 3.09. The molecule has 1 atom stereocenters. The van der Waals surface area contributed by atoms with Gasteiger partial charge in [-0.3, -0.25) is 0 Å². The van der Waals surface area contributed by atoms with Gasteiger partial charge in [-0.05, 0) is 20.8 Å². The number of hydrogen-bond acceptors (Lipinski definition) is 3. The Labute approximate surface area is 92.2 Å². The van der Waals surface area contributed by atoms with Crippen molar-refractivity contribution in [3.63, 3.8) is 0 Å². The second kappa shape index (κ2) is 3.66. The van der Waals surface area contributed by atoms with Crippen molar-refractivity contribution in [1.82, 2.24) is 5.32 Å². The summed E-state index contributed by atoms with van der Waals surface area (Å²) in [5.74, 6) is -3.79. The number of hydrogen-bond donors (Lipinski definition) is 1. The van der Waals surface area contributed by atoms with E-state index in [1.54, 1.807) is 20.8 Å². The minimum atomic E-state index is -3.10. The number of esters is 1. The van der Waals surface area contributed by atoms with Crippen LogP contribution in [0, 0.1) is 0 Å². The number of ether oxygens (including phenoxy) is 1. The van der Waals surface area contributed by atoms with E-state index >= 15 is 0 Å². The van der Waals surface area contributed by atoms with Crippen LogP contribution < -0.4 is 5.32 Å². The minimum absolute atomic E-state index is 0.585. The van der Waals surface area contributed by atoms with Crippen LogP contribution in [0.1, 0.15) is 27.2 Å². The van der Waals surface area contributed by atoms with Crippen LogP contribution in [0.25, 0.3) is 0 Å². The van der Waals surface area contributed by atoms with Gasteiger partial charge < -0.3 is 10.1 Å². The Morgan fingerprint density at radius 2 is 2.13 bits per heavy atom. The average molecular weight is 237 g/mol. The summed E-state index contributed by atoms with van der Waals surface area (Å²) in [6.45, 7) is 5.03. The monoisotopic (exact) mass is 237 g/mol. The van der Waals surface area contributed by atoms with E-state index in [0.717, 1.165) is 0 Å². The van der Waals surface area contributed by atoms with Gasteiger partial charge in [-0.15, -0.1) is 0 Å². The van der Waals surface area contributed by atoms with E-state index in [2.05, 4.69) is 17.5 Å². The normalized spacial score (nSPS) is 24.9. The van der Waals surface area contributed by atoms with Gasteiger partial charge >= 0.3 is 5.97 Å². The first kappa shape index (κ1) is 12.3. The molecule has 0 amide bonds. The van der Waals surface area contributed by atoms with E-state index in [1.165, 1.54) is 0 Å². The highest BCUT2D eigenvalue weighted by Crippen LogP contribution is 2.28. The smallest absolute Gasteiger partial charge is 0.329 e. The molecular formula is C9H13F2NO2S. The average Bonchev–Trinajstić information content (AvgIpc) is 2.23. The second-order valence-electron chi connectivity index (χ2n) is 4.47. The predicted molar refractivity (Wildman–Crippen MR) is 54.9 cm³/mol. The van der Waals surface area contributed by atoms with Gasteiger partial charge in [0.05, 0.1) is 0 Å². The third-order valence-corrected chi connectivity index (χ3v) is 2.21. The maximum atomic E-state index is 13.0. The molecule has 0 saturated carbocycles. The van der Waals surface area contributed by atoms with Gasteiger partial charge in [0, 0.05) is 6.42 Å². The summed E-state index contributed by atoms with van der Waals surface area (Å²) in [5.41, 5.74) is -0.682. The lowest BCUT2D eigenvalue weighted by atomic mass is 10.1. The number of rotatable bonds is 1. The van der Waals surface area contributed by atoms with Crippen molar-refractivity contribution in [2.24, 2.45) is 0 Å². The molecule has 0 bridgehead atoms. The van der Waals surface area contributed by atoms with Gasteiger partial charge in [-0.2, -0.15) is 8.78 Å². The van der Waals surface area contributed by atoms with Crippen LogP contribution in [0.4, 0.5) is 8.78 Å². The van der Waals surface area contributed by atoms with Crippen LogP contribution in [0.3, 0.4) is 0 Å². The summed E-state index contributed by atoms with van der Waals surface area (Å²) in [7, 11) is 0.